The van der Waals surface area contributed by atoms with Crippen molar-refractivity contribution in [1.82, 2.24) is 0 Å². The number of rotatable bonds is 61. The molecule has 430 valence electrons. The second-order valence-electron chi connectivity index (χ2n) is 22.4. The van der Waals surface area contributed by atoms with Crippen molar-refractivity contribution in [2.24, 2.45) is 0 Å². The molecule has 0 aliphatic heterocycles. The molecule has 0 bridgehead atoms. The molecule has 0 fully saturated rings. The minimum absolute atomic E-state index is 0.0677. The number of hydrogen-bond donors (Lipinski definition) is 0. The van der Waals surface area contributed by atoms with Gasteiger partial charge in [0.2, 0.25) is 0 Å². The minimum atomic E-state index is -0.771. The van der Waals surface area contributed by atoms with Gasteiger partial charge < -0.3 is 14.2 Å². The van der Waals surface area contributed by atoms with Crippen molar-refractivity contribution < 1.29 is 28.6 Å². The maximum atomic E-state index is 12.9. The van der Waals surface area contributed by atoms with Crippen LogP contribution in [0.1, 0.15) is 367 Å². The molecule has 0 saturated carbocycles. The van der Waals surface area contributed by atoms with Crippen LogP contribution in [-0.4, -0.2) is 37.2 Å². The Balaban J connectivity index is 4.31. The number of allylic oxidation sites excluding steroid dienone is 4. The van der Waals surface area contributed by atoms with Gasteiger partial charge in [-0.15, -0.1) is 0 Å². The monoisotopic (exact) mass is 1030 g/mol. The highest BCUT2D eigenvalue weighted by Gasteiger charge is 2.19. The van der Waals surface area contributed by atoms with E-state index in [1.807, 2.05) is 0 Å². The molecule has 0 unspecified atom stereocenters. The Kier molecular flexibility index (Phi) is 60.6. The van der Waals surface area contributed by atoms with Crippen LogP contribution in [0.2, 0.25) is 0 Å². The van der Waals surface area contributed by atoms with Crippen molar-refractivity contribution in [3.63, 3.8) is 0 Å². The van der Waals surface area contributed by atoms with Gasteiger partial charge in [-0.1, -0.05) is 302 Å². The van der Waals surface area contributed by atoms with Crippen LogP contribution >= 0.6 is 0 Å². The zero-order valence-electron chi connectivity index (χ0n) is 49.4. The third-order valence-corrected chi connectivity index (χ3v) is 14.9. The summed E-state index contributed by atoms with van der Waals surface area (Å²) in [5.41, 5.74) is 0. The predicted molar refractivity (Wildman–Crippen MR) is 316 cm³/mol. The molecule has 0 amide bonds. The van der Waals surface area contributed by atoms with Gasteiger partial charge in [0, 0.05) is 19.3 Å². The highest BCUT2D eigenvalue weighted by Crippen LogP contribution is 2.18. The fourth-order valence-electron chi connectivity index (χ4n) is 9.97. The van der Waals surface area contributed by atoms with Crippen molar-refractivity contribution in [1.29, 1.82) is 0 Å². The van der Waals surface area contributed by atoms with Crippen LogP contribution in [0.3, 0.4) is 0 Å². The number of ether oxygens (including phenoxy) is 3. The molecule has 1 atom stereocenters. The second-order valence-corrected chi connectivity index (χ2v) is 22.4. The topological polar surface area (TPSA) is 78.9 Å². The SMILES string of the molecule is CCCCCCCC/C=C\CCCCCCCCCCCCCC(=O)OC[C@H](COC(=O)CCCCCCCCCCCCCCCCCCC)OC(=O)CCCCCCCCC/C=C\CCCCCCCC. The average molecular weight is 1030 g/mol. The van der Waals surface area contributed by atoms with Gasteiger partial charge in [0.1, 0.15) is 13.2 Å². The van der Waals surface area contributed by atoms with E-state index in [-0.39, 0.29) is 31.1 Å². The molecule has 0 aromatic heterocycles. The van der Waals surface area contributed by atoms with E-state index >= 15 is 0 Å². The van der Waals surface area contributed by atoms with Gasteiger partial charge in [0.15, 0.2) is 6.10 Å². The smallest absolute Gasteiger partial charge is 0.306 e. The number of unbranched alkanes of at least 4 members (excludes halogenated alkanes) is 46. The van der Waals surface area contributed by atoms with Crippen LogP contribution in [0.15, 0.2) is 24.3 Å². The third-order valence-electron chi connectivity index (χ3n) is 14.9. The molecule has 0 aromatic carbocycles. The lowest BCUT2D eigenvalue weighted by molar-refractivity contribution is -0.167. The molecule has 0 aromatic rings. The molecule has 0 rings (SSSR count). The van der Waals surface area contributed by atoms with Gasteiger partial charge in [-0.05, 0) is 70.6 Å². The number of esters is 3. The van der Waals surface area contributed by atoms with E-state index in [9.17, 15) is 14.4 Å². The lowest BCUT2D eigenvalue weighted by Crippen LogP contribution is -2.30. The molecule has 0 spiro atoms. The lowest BCUT2D eigenvalue weighted by atomic mass is 10.0. The summed E-state index contributed by atoms with van der Waals surface area (Å²) in [4.78, 5) is 38.3. The minimum Gasteiger partial charge on any atom is -0.462 e. The van der Waals surface area contributed by atoms with Crippen molar-refractivity contribution in [2.75, 3.05) is 13.2 Å². The van der Waals surface area contributed by atoms with Crippen molar-refractivity contribution >= 4 is 17.9 Å². The molecule has 73 heavy (non-hydrogen) atoms. The normalized spacial score (nSPS) is 12.1. The first-order valence-corrected chi connectivity index (χ1v) is 32.8. The standard InChI is InChI=1S/C67H126O6/c1-4-7-10-13-16-19-22-25-28-31-32-33-34-37-39-42-45-48-51-54-57-60-66(69)72-63-64(73-67(70)61-58-55-52-49-46-43-40-36-30-27-24-21-18-15-12-9-6-3)62-71-65(68)59-56-53-50-47-44-41-38-35-29-26-23-20-17-14-11-8-5-2/h25,27-28,30,64H,4-24,26,29,31-63H2,1-3H3/b28-25-,30-27-/t64-/m0/s1. The van der Waals surface area contributed by atoms with E-state index in [0.717, 1.165) is 57.8 Å². The summed E-state index contributed by atoms with van der Waals surface area (Å²) < 4.78 is 17.0. The number of carbonyl (C=O) groups is 3. The van der Waals surface area contributed by atoms with E-state index in [2.05, 4.69) is 45.1 Å². The summed E-state index contributed by atoms with van der Waals surface area (Å²) in [6.45, 7) is 6.70. The van der Waals surface area contributed by atoms with Crippen LogP contribution in [0.4, 0.5) is 0 Å². The van der Waals surface area contributed by atoms with Gasteiger partial charge in [-0.3, -0.25) is 14.4 Å². The highest BCUT2D eigenvalue weighted by atomic mass is 16.6. The number of hydrogen-bond acceptors (Lipinski definition) is 6. The van der Waals surface area contributed by atoms with Gasteiger partial charge in [0.25, 0.3) is 0 Å². The Morgan fingerprint density at radius 2 is 0.452 bits per heavy atom. The summed E-state index contributed by atoms with van der Waals surface area (Å²) in [5, 5.41) is 0. The Labute approximate surface area is 455 Å². The van der Waals surface area contributed by atoms with E-state index < -0.39 is 6.10 Å². The first kappa shape index (κ1) is 70.9. The Hall–Kier alpha value is -2.11. The van der Waals surface area contributed by atoms with E-state index in [0.29, 0.717) is 19.3 Å². The molecule has 6 heteroatoms. The predicted octanol–water partition coefficient (Wildman–Crippen LogP) is 22.2. The maximum Gasteiger partial charge on any atom is 0.306 e. The fraction of sp³-hybridized carbons (Fsp3) is 0.896. The van der Waals surface area contributed by atoms with E-state index in [1.165, 1.54) is 270 Å². The van der Waals surface area contributed by atoms with Crippen LogP contribution in [0.25, 0.3) is 0 Å². The molecule has 0 aliphatic rings. The van der Waals surface area contributed by atoms with E-state index in [4.69, 9.17) is 14.2 Å². The first-order valence-electron chi connectivity index (χ1n) is 32.8. The zero-order valence-corrected chi connectivity index (χ0v) is 49.4. The molecule has 0 radical (unpaired) electrons. The third kappa shape index (κ3) is 60.6. The quantitative estimate of drug-likeness (QED) is 0.0261. The van der Waals surface area contributed by atoms with Gasteiger partial charge in [0.05, 0.1) is 0 Å². The second kappa shape index (κ2) is 62.4. The molecule has 0 N–H and O–H groups in total. The fourth-order valence-corrected chi connectivity index (χ4v) is 9.97. The van der Waals surface area contributed by atoms with Gasteiger partial charge in [-0.25, -0.2) is 0 Å². The summed E-state index contributed by atoms with van der Waals surface area (Å²) in [6, 6.07) is 0. The summed E-state index contributed by atoms with van der Waals surface area (Å²) in [6.07, 6.45) is 74.7. The Morgan fingerprint density at radius 1 is 0.260 bits per heavy atom. The van der Waals surface area contributed by atoms with Crippen LogP contribution in [0, 0.1) is 0 Å². The highest BCUT2D eigenvalue weighted by molar-refractivity contribution is 5.71. The maximum absolute atomic E-state index is 12.9. The van der Waals surface area contributed by atoms with Crippen molar-refractivity contribution in [2.45, 2.75) is 374 Å². The molecule has 0 heterocycles. The van der Waals surface area contributed by atoms with Crippen molar-refractivity contribution in [3.8, 4) is 0 Å². The molecule has 0 aliphatic carbocycles. The zero-order chi connectivity index (χ0) is 52.9. The van der Waals surface area contributed by atoms with Gasteiger partial charge >= 0.3 is 17.9 Å². The van der Waals surface area contributed by atoms with Crippen LogP contribution in [0.5, 0.6) is 0 Å². The largest absolute Gasteiger partial charge is 0.462 e. The summed E-state index contributed by atoms with van der Waals surface area (Å²) >= 11 is 0. The van der Waals surface area contributed by atoms with E-state index in [1.54, 1.807) is 0 Å². The van der Waals surface area contributed by atoms with Crippen LogP contribution < -0.4 is 0 Å². The summed E-state index contributed by atoms with van der Waals surface area (Å²) in [5.74, 6) is -0.845. The molecular weight excluding hydrogens is 901 g/mol. The first-order chi connectivity index (χ1) is 36.0. The summed E-state index contributed by atoms with van der Waals surface area (Å²) in [7, 11) is 0. The molecular formula is C67H126O6. The van der Waals surface area contributed by atoms with Crippen molar-refractivity contribution in [3.05, 3.63) is 24.3 Å². The lowest BCUT2D eigenvalue weighted by Gasteiger charge is -2.18. The molecule has 6 nitrogen and oxygen atoms in total. The molecule has 0 saturated heterocycles. The van der Waals surface area contributed by atoms with Crippen LogP contribution in [-0.2, 0) is 28.6 Å². The average Bonchev–Trinajstić information content (AvgIpc) is 3.39. The number of carbonyl (C=O) groups excluding carboxylic acids is 3. The Morgan fingerprint density at radius 3 is 0.685 bits per heavy atom. The Bertz CT molecular complexity index is 1180. The van der Waals surface area contributed by atoms with Gasteiger partial charge in [-0.2, -0.15) is 0 Å².